The van der Waals surface area contributed by atoms with Crippen LogP contribution < -0.4 is 10.2 Å². The van der Waals surface area contributed by atoms with Gasteiger partial charge in [0.15, 0.2) is 0 Å². The van der Waals surface area contributed by atoms with E-state index in [1.807, 2.05) is 43.3 Å². The molecular weight excluding hydrogens is 322 g/mol. The van der Waals surface area contributed by atoms with E-state index in [9.17, 15) is 4.79 Å². The molecule has 2 aromatic carbocycles. The molecule has 0 spiro atoms. The molecule has 1 aliphatic rings. The van der Waals surface area contributed by atoms with Crippen LogP contribution in [0.15, 0.2) is 48.5 Å². The van der Waals surface area contributed by atoms with Gasteiger partial charge in [0.05, 0.1) is 0 Å². The van der Waals surface area contributed by atoms with Crippen molar-refractivity contribution in [3.63, 3.8) is 0 Å². The lowest BCUT2D eigenvalue weighted by Crippen LogP contribution is -2.33. The number of amides is 1. The third kappa shape index (κ3) is 4.44. The van der Waals surface area contributed by atoms with Gasteiger partial charge in [0.1, 0.15) is 0 Å². The van der Waals surface area contributed by atoms with Gasteiger partial charge in [0.25, 0.3) is 5.91 Å². The normalized spacial score (nSPS) is 17.3. The SMILES string of the molecule is Cc1ccccc1[C@@H]1CCN(CCNC(=O)c2cccc(N(C)C)c2)C1. The quantitative estimate of drug-likeness (QED) is 0.867. The standard InChI is InChI=1S/C22H29N3O/c1-17-7-4-5-10-21(17)19-11-13-25(16-19)14-12-23-22(26)18-8-6-9-20(15-18)24(2)3/h4-10,15,19H,11-14,16H2,1-3H3,(H,23,26)/t19-/m1/s1. The summed E-state index contributed by atoms with van der Waals surface area (Å²) < 4.78 is 0. The Labute approximate surface area is 156 Å². The molecule has 0 radical (unpaired) electrons. The van der Waals surface area contributed by atoms with E-state index in [0.717, 1.165) is 30.9 Å². The van der Waals surface area contributed by atoms with Gasteiger partial charge in [-0.05, 0) is 55.1 Å². The first-order valence-corrected chi connectivity index (χ1v) is 9.38. The third-order valence-electron chi connectivity index (χ3n) is 5.24. The first-order valence-electron chi connectivity index (χ1n) is 9.38. The highest BCUT2D eigenvalue weighted by atomic mass is 16.1. The summed E-state index contributed by atoms with van der Waals surface area (Å²) in [5.41, 5.74) is 4.61. The van der Waals surface area contributed by atoms with Crippen LogP contribution in [0.1, 0.15) is 33.8 Å². The fraction of sp³-hybridized carbons (Fsp3) is 0.409. The Kier molecular flexibility index (Phi) is 5.94. The maximum Gasteiger partial charge on any atom is 0.251 e. The van der Waals surface area contributed by atoms with E-state index in [-0.39, 0.29) is 5.91 Å². The summed E-state index contributed by atoms with van der Waals surface area (Å²) in [5, 5.41) is 3.06. The Morgan fingerprint density at radius 3 is 2.77 bits per heavy atom. The maximum atomic E-state index is 12.4. The van der Waals surface area contributed by atoms with Gasteiger partial charge in [-0.1, -0.05) is 30.3 Å². The number of carbonyl (C=O) groups excluding carboxylic acids is 1. The predicted octanol–water partition coefficient (Wildman–Crippen LogP) is 3.28. The highest BCUT2D eigenvalue weighted by molar-refractivity contribution is 5.95. The zero-order valence-corrected chi connectivity index (χ0v) is 16.0. The van der Waals surface area contributed by atoms with Crippen molar-refractivity contribution in [2.24, 2.45) is 0 Å². The Morgan fingerprint density at radius 2 is 2.00 bits per heavy atom. The van der Waals surface area contributed by atoms with Crippen molar-refractivity contribution in [3.05, 3.63) is 65.2 Å². The van der Waals surface area contributed by atoms with Gasteiger partial charge in [-0.2, -0.15) is 0 Å². The molecule has 3 rings (SSSR count). The molecule has 2 aromatic rings. The van der Waals surface area contributed by atoms with E-state index < -0.39 is 0 Å². The lowest BCUT2D eigenvalue weighted by molar-refractivity contribution is 0.0949. The molecule has 1 aliphatic heterocycles. The molecule has 4 heteroatoms. The zero-order valence-electron chi connectivity index (χ0n) is 16.0. The number of likely N-dealkylation sites (tertiary alicyclic amines) is 1. The van der Waals surface area contributed by atoms with Crippen molar-refractivity contribution in [1.82, 2.24) is 10.2 Å². The lowest BCUT2D eigenvalue weighted by Gasteiger charge is -2.18. The van der Waals surface area contributed by atoms with Crippen molar-refractivity contribution in [3.8, 4) is 0 Å². The fourth-order valence-corrected chi connectivity index (χ4v) is 3.69. The maximum absolute atomic E-state index is 12.4. The first-order chi connectivity index (χ1) is 12.5. The van der Waals surface area contributed by atoms with E-state index in [1.54, 1.807) is 0 Å². The molecule has 4 nitrogen and oxygen atoms in total. The minimum atomic E-state index is 0.00310. The van der Waals surface area contributed by atoms with Crippen LogP contribution in [-0.2, 0) is 0 Å². The van der Waals surface area contributed by atoms with Crippen molar-refractivity contribution in [1.29, 1.82) is 0 Å². The van der Waals surface area contributed by atoms with Crippen LogP contribution in [0.5, 0.6) is 0 Å². The van der Waals surface area contributed by atoms with Crippen molar-refractivity contribution in [2.75, 3.05) is 45.2 Å². The van der Waals surface area contributed by atoms with Gasteiger partial charge in [-0.3, -0.25) is 4.79 Å². The largest absolute Gasteiger partial charge is 0.378 e. The number of nitrogens with zero attached hydrogens (tertiary/aromatic N) is 2. The third-order valence-corrected chi connectivity index (χ3v) is 5.24. The topological polar surface area (TPSA) is 35.6 Å². The van der Waals surface area contributed by atoms with E-state index in [4.69, 9.17) is 0 Å². The van der Waals surface area contributed by atoms with Crippen LogP contribution in [0.25, 0.3) is 0 Å². The Bertz CT molecular complexity index is 757. The average molecular weight is 351 g/mol. The summed E-state index contributed by atoms with van der Waals surface area (Å²) >= 11 is 0. The van der Waals surface area contributed by atoms with Gasteiger partial charge < -0.3 is 15.1 Å². The lowest BCUT2D eigenvalue weighted by atomic mass is 9.94. The second-order valence-electron chi connectivity index (χ2n) is 7.34. The number of anilines is 1. The molecule has 0 aromatic heterocycles. The Morgan fingerprint density at radius 1 is 1.19 bits per heavy atom. The van der Waals surface area contributed by atoms with Crippen LogP contribution in [0.3, 0.4) is 0 Å². The molecule has 1 fully saturated rings. The van der Waals surface area contributed by atoms with Gasteiger partial charge in [-0.15, -0.1) is 0 Å². The minimum absolute atomic E-state index is 0.00310. The smallest absolute Gasteiger partial charge is 0.251 e. The van der Waals surface area contributed by atoms with Crippen LogP contribution in [0, 0.1) is 6.92 Å². The van der Waals surface area contributed by atoms with E-state index in [0.29, 0.717) is 12.5 Å². The van der Waals surface area contributed by atoms with Crippen molar-refractivity contribution in [2.45, 2.75) is 19.3 Å². The molecule has 1 amide bonds. The Balaban J connectivity index is 1.48. The highest BCUT2D eigenvalue weighted by Crippen LogP contribution is 2.28. The van der Waals surface area contributed by atoms with Gasteiger partial charge in [0, 0.05) is 45.0 Å². The summed E-state index contributed by atoms with van der Waals surface area (Å²) in [4.78, 5) is 16.8. The van der Waals surface area contributed by atoms with Crippen molar-refractivity contribution < 1.29 is 4.79 Å². The molecule has 0 saturated carbocycles. The second kappa shape index (κ2) is 8.37. The Hall–Kier alpha value is -2.33. The van der Waals surface area contributed by atoms with E-state index in [2.05, 4.69) is 41.4 Å². The number of aryl methyl sites for hydroxylation is 1. The molecule has 1 saturated heterocycles. The summed E-state index contributed by atoms with van der Waals surface area (Å²) in [6.07, 6.45) is 1.20. The average Bonchev–Trinajstić information content (AvgIpc) is 3.10. The summed E-state index contributed by atoms with van der Waals surface area (Å²) in [6.45, 7) is 5.97. The fourth-order valence-electron chi connectivity index (χ4n) is 3.69. The monoisotopic (exact) mass is 351 g/mol. The molecule has 26 heavy (non-hydrogen) atoms. The first kappa shape index (κ1) is 18.5. The number of hydrogen-bond donors (Lipinski definition) is 1. The molecule has 0 bridgehead atoms. The van der Waals surface area contributed by atoms with Gasteiger partial charge in [-0.25, -0.2) is 0 Å². The predicted molar refractivity (Wildman–Crippen MR) is 108 cm³/mol. The van der Waals surface area contributed by atoms with Crippen LogP contribution in [0.4, 0.5) is 5.69 Å². The molecule has 1 atom stereocenters. The minimum Gasteiger partial charge on any atom is -0.378 e. The molecule has 1 N–H and O–H groups in total. The van der Waals surface area contributed by atoms with Crippen LogP contribution >= 0.6 is 0 Å². The number of nitrogens with one attached hydrogen (secondary N) is 1. The van der Waals surface area contributed by atoms with Crippen LogP contribution in [0.2, 0.25) is 0 Å². The number of hydrogen-bond acceptors (Lipinski definition) is 3. The number of carbonyl (C=O) groups is 1. The molecular formula is C22H29N3O. The summed E-state index contributed by atoms with van der Waals surface area (Å²) in [6, 6.07) is 16.4. The van der Waals surface area contributed by atoms with Crippen molar-refractivity contribution >= 4 is 11.6 Å². The number of benzene rings is 2. The summed E-state index contributed by atoms with van der Waals surface area (Å²) in [5.74, 6) is 0.618. The highest BCUT2D eigenvalue weighted by Gasteiger charge is 2.24. The molecule has 138 valence electrons. The molecule has 0 unspecified atom stereocenters. The van der Waals surface area contributed by atoms with E-state index in [1.165, 1.54) is 17.5 Å². The van der Waals surface area contributed by atoms with E-state index >= 15 is 0 Å². The number of rotatable bonds is 6. The van der Waals surface area contributed by atoms with Gasteiger partial charge in [0.2, 0.25) is 0 Å². The zero-order chi connectivity index (χ0) is 18.5. The summed E-state index contributed by atoms with van der Waals surface area (Å²) in [7, 11) is 3.96. The molecule has 1 heterocycles. The second-order valence-corrected chi connectivity index (χ2v) is 7.34. The van der Waals surface area contributed by atoms with Gasteiger partial charge >= 0.3 is 0 Å². The van der Waals surface area contributed by atoms with Crippen LogP contribution in [-0.4, -0.2) is 51.1 Å². The molecule has 0 aliphatic carbocycles.